The lowest BCUT2D eigenvalue weighted by atomic mass is 10.1. The maximum Gasteiger partial charge on any atom is 0.299 e. The van der Waals surface area contributed by atoms with Gasteiger partial charge in [0.05, 0.1) is 23.5 Å². The Hall–Kier alpha value is -1.95. The van der Waals surface area contributed by atoms with E-state index in [-0.39, 0.29) is 0 Å². The number of ketones is 1. The zero-order valence-corrected chi connectivity index (χ0v) is 11.7. The van der Waals surface area contributed by atoms with Crippen LogP contribution in [0.25, 0.3) is 0 Å². The highest BCUT2D eigenvalue weighted by Gasteiger charge is 2.37. The molecule has 5 nitrogen and oxygen atoms in total. The molecule has 2 aromatic rings. The number of nitrogens with zero attached hydrogens (tertiary/aromatic N) is 3. The molecule has 6 heteroatoms. The summed E-state index contributed by atoms with van der Waals surface area (Å²) in [5, 5.41) is 4.23. The lowest BCUT2D eigenvalue weighted by molar-refractivity contribution is -0.114. The number of rotatable bonds is 2. The Morgan fingerprint density at radius 2 is 2.05 bits per heavy atom. The molecule has 0 fully saturated rings. The molecule has 0 atom stereocenters. The predicted molar refractivity (Wildman–Crippen MR) is 72.9 cm³/mol. The number of para-hydroxylation sites is 1. The van der Waals surface area contributed by atoms with Crippen LogP contribution in [0.4, 0.5) is 5.69 Å². The molecule has 0 aliphatic carbocycles. The van der Waals surface area contributed by atoms with Crippen molar-refractivity contribution in [3.05, 3.63) is 46.2 Å². The van der Waals surface area contributed by atoms with E-state index < -0.39 is 11.7 Å². The molecule has 3 rings (SSSR count). The normalized spacial score (nSPS) is 14.1. The summed E-state index contributed by atoms with van der Waals surface area (Å²) >= 11 is 3.39. The first-order valence-electron chi connectivity index (χ1n) is 5.71. The Morgan fingerprint density at radius 3 is 2.74 bits per heavy atom. The SMILES string of the molecule is Cn1ccc(CN2C(=O)C(=O)c3cccc(Br)c32)n1. The number of benzene rings is 1. The summed E-state index contributed by atoms with van der Waals surface area (Å²) in [5.74, 6) is -0.972. The van der Waals surface area contributed by atoms with E-state index in [0.29, 0.717) is 17.8 Å². The van der Waals surface area contributed by atoms with Crippen molar-refractivity contribution in [1.29, 1.82) is 0 Å². The van der Waals surface area contributed by atoms with Crippen molar-refractivity contribution in [2.24, 2.45) is 7.05 Å². The van der Waals surface area contributed by atoms with Crippen molar-refractivity contribution in [3.8, 4) is 0 Å². The first-order chi connectivity index (χ1) is 9.08. The van der Waals surface area contributed by atoms with E-state index in [1.807, 2.05) is 19.2 Å². The topological polar surface area (TPSA) is 55.2 Å². The van der Waals surface area contributed by atoms with E-state index in [4.69, 9.17) is 0 Å². The van der Waals surface area contributed by atoms with Crippen molar-refractivity contribution < 1.29 is 9.59 Å². The standard InChI is InChI=1S/C13H10BrN3O2/c1-16-6-5-8(15-16)7-17-11-9(12(18)13(17)19)3-2-4-10(11)14/h2-6H,7H2,1H3. The third kappa shape index (κ3) is 1.88. The molecular weight excluding hydrogens is 310 g/mol. The number of halogens is 1. The van der Waals surface area contributed by atoms with Crippen LogP contribution in [-0.4, -0.2) is 21.5 Å². The quantitative estimate of drug-likeness (QED) is 0.794. The molecule has 1 aromatic carbocycles. The van der Waals surface area contributed by atoms with E-state index in [9.17, 15) is 9.59 Å². The van der Waals surface area contributed by atoms with E-state index in [2.05, 4.69) is 21.0 Å². The number of hydrogen-bond acceptors (Lipinski definition) is 3. The highest BCUT2D eigenvalue weighted by atomic mass is 79.9. The number of hydrogen-bond donors (Lipinski definition) is 0. The first kappa shape index (κ1) is 12.1. The highest BCUT2D eigenvalue weighted by molar-refractivity contribution is 9.10. The number of Topliss-reactive ketones (excluding diaryl/α,β-unsaturated/α-hetero) is 1. The van der Waals surface area contributed by atoms with Gasteiger partial charge in [-0.3, -0.25) is 19.2 Å². The summed E-state index contributed by atoms with van der Waals surface area (Å²) in [6, 6.07) is 7.06. The monoisotopic (exact) mass is 319 g/mol. The maximum atomic E-state index is 12.0. The van der Waals surface area contributed by atoms with Gasteiger partial charge in [-0.05, 0) is 34.1 Å². The van der Waals surface area contributed by atoms with Crippen LogP contribution in [0, 0.1) is 0 Å². The summed E-state index contributed by atoms with van der Waals surface area (Å²) in [4.78, 5) is 25.4. The van der Waals surface area contributed by atoms with Crippen LogP contribution in [0.1, 0.15) is 16.1 Å². The zero-order chi connectivity index (χ0) is 13.6. The Bertz CT molecular complexity index is 693. The van der Waals surface area contributed by atoms with Gasteiger partial charge in [-0.2, -0.15) is 5.10 Å². The number of carbonyl (C=O) groups is 2. The van der Waals surface area contributed by atoms with E-state index >= 15 is 0 Å². The molecular formula is C13H10BrN3O2. The van der Waals surface area contributed by atoms with Gasteiger partial charge in [0, 0.05) is 17.7 Å². The van der Waals surface area contributed by atoms with Gasteiger partial charge in [0.15, 0.2) is 0 Å². The minimum absolute atomic E-state index is 0.293. The molecule has 0 unspecified atom stereocenters. The number of aryl methyl sites for hydroxylation is 1. The summed E-state index contributed by atoms with van der Waals surface area (Å²) in [5.41, 5.74) is 1.81. The summed E-state index contributed by atoms with van der Waals surface area (Å²) < 4.78 is 2.40. The van der Waals surface area contributed by atoms with Gasteiger partial charge in [0.2, 0.25) is 0 Å². The summed E-state index contributed by atoms with van der Waals surface area (Å²) in [6.45, 7) is 0.293. The molecule has 0 radical (unpaired) electrons. The fourth-order valence-corrected chi connectivity index (χ4v) is 2.75. The number of carbonyl (C=O) groups excluding carboxylic acids is 2. The largest absolute Gasteiger partial charge is 0.299 e. The molecule has 1 aromatic heterocycles. The average molecular weight is 320 g/mol. The molecule has 0 saturated heterocycles. The smallest absolute Gasteiger partial charge is 0.298 e. The molecule has 1 amide bonds. The Kier molecular flexibility index (Phi) is 2.74. The van der Waals surface area contributed by atoms with E-state index in [1.165, 1.54) is 4.90 Å². The number of aromatic nitrogens is 2. The van der Waals surface area contributed by atoms with Crippen LogP contribution in [0.15, 0.2) is 34.9 Å². The lowest BCUT2D eigenvalue weighted by Gasteiger charge is -2.16. The third-order valence-electron chi connectivity index (χ3n) is 3.03. The molecule has 1 aliphatic rings. The second-order valence-electron chi connectivity index (χ2n) is 4.34. The Morgan fingerprint density at radius 1 is 1.26 bits per heavy atom. The van der Waals surface area contributed by atoms with Gasteiger partial charge in [-0.15, -0.1) is 0 Å². The number of amides is 1. The van der Waals surface area contributed by atoms with Gasteiger partial charge in [0.25, 0.3) is 11.7 Å². The van der Waals surface area contributed by atoms with Gasteiger partial charge in [0.1, 0.15) is 0 Å². The average Bonchev–Trinajstić information content (AvgIpc) is 2.89. The molecule has 1 aliphatic heterocycles. The van der Waals surface area contributed by atoms with Gasteiger partial charge in [-0.25, -0.2) is 0 Å². The van der Waals surface area contributed by atoms with Gasteiger partial charge in [-0.1, -0.05) is 6.07 Å². The van der Waals surface area contributed by atoms with Crippen molar-refractivity contribution in [3.63, 3.8) is 0 Å². The van der Waals surface area contributed by atoms with Crippen molar-refractivity contribution in [2.45, 2.75) is 6.54 Å². The highest BCUT2D eigenvalue weighted by Crippen LogP contribution is 2.36. The number of anilines is 1. The molecule has 0 spiro atoms. The van der Waals surface area contributed by atoms with Crippen molar-refractivity contribution >= 4 is 33.3 Å². The van der Waals surface area contributed by atoms with E-state index in [0.717, 1.165) is 10.2 Å². The minimum atomic E-state index is -0.507. The minimum Gasteiger partial charge on any atom is -0.298 e. The Balaban J connectivity index is 2.04. The van der Waals surface area contributed by atoms with Crippen LogP contribution >= 0.6 is 15.9 Å². The molecule has 0 bridgehead atoms. The van der Waals surface area contributed by atoms with Gasteiger partial charge >= 0.3 is 0 Å². The number of fused-ring (bicyclic) bond motifs is 1. The van der Waals surface area contributed by atoms with Crippen LogP contribution in [-0.2, 0) is 18.4 Å². The molecule has 96 valence electrons. The zero-order valence-electron chi connectivity index (χ0n) is 10.1. The second-order valence-corrected chi connectivity index (χ2v) is 5.19. The van der Waals surface area contributed by atoms with Crippen LogP contribution in [0.3, 0.4) is 0 Å². The van der Waals surface area contributed by atoms with Crippen molar-refractivity contribution in [2.75, 3.05) is 4.90 Å². The Labute approximate surface area is 118 Å². The second kappa shape index (κ2) is 4.31. The first-order valence-corrected chi connectivity index (χ1v) is 6.50. The third-order valence-corrected chi connectivity index (χ3v) is 3.67. The fourth-order valence-electron chi connectivity index (χ4n) is 2.17. The van der Waals surface area contributed by atoms with Crippen LogP contribution in [0.2, 0.25) is 0 Å². The maximum absolute atomic E-state index is 12.0. The van der Waals surface area contributed by atoms with Crippen LogP contribution < -0.4 is 4.90 Å². The van der Waals surface area contributed by atoms with E-state index in [1.54, 1.807) is 23.0 Å². The molecule has 19 heavy (non-hydrogen) atoms. The predicted octanol–water partition coefficient (Wildman–Crippen LogP) is 1.91. The van der Waals surface area contributed by atoms with Crippen molar-refractivity contribution in [1.82, 2.24) is 9.78 Å². The van der Waals surface area contributed by atoms with Crippen LogP contribution in [0.5, 0.6) is 0 Å². The fraction of sp³-hybridized carbons (Fsp3) is 0.154. The summed E-state index contributed by atoms with van der Waals surface area (Å²) in [7, 11) is 1.81. The molecule has 0 saturated carbocycles. The molecule has 2 heterocycles. The lowest BCUT2D eigenvalue weighted by Crippen LogP contribution is -2.29. The summed E-state index contributed by atoms with van der Waals surface area (Å²) in [6.07, 6.45) is 1.80. The van der Waals surface area contributed by atoms with Gasteiger partial charge < -0.3 is 0 Å². The molecule has 0 N–H and O–H groups in total.